The number of esters is 2. The van der Waals surface area contributed by atoms with Crippen LogP contribution in [-0.4, -0.2) is 58.6 Å². The molecule has 5 atom stereocenters. The predicted octanol–water partition coefficient (Wildman–Crippen LogP) is 2.37. The second kappa shape index (κ2) is 14.8. The lowest BCUT2D eigenvalue weighted by Gasteiger charge is -2.27. The Morgan fingerprint density at radius 3 is 2.65 bits per heavy atom. The fourth-order valence-electron chi connectivity index (χ4n) is 3.98. The van der Waals surface area contributed by atoms with E-state index in [-0.39, 0.29) is 19.6 Å². The van der Waals surface area contributed by atoms with Crippen LogP contribution in [0.25, 0.3) is 0 Å². The molecule has 1 fully saturated rings. The minimum Gasteiger partial charge on any atom is -0.464 e. The summed E-state index contributed by atoms with van der Waals surface area (Å²) in [6.07, 6.45) is -1.82. The van der Waals surface area contributed by atoms with Gasteiger partial charge in [0.2, 0.25) is 0 Å². The Hall–Kier alpha value is -3.45. The van der Waals surface area contributed by atoms with Crippen molar-refractivity contribution in [2.45, 2.75) is 69.7 Å². The number of hydroxylamine groups is 1. The van der Waals surface area contributed by atoms with Crippen molar-refractivity contribution in [3.8, 4) is 5.75 Å². The monoisotopic (exact) mass is 583 g/mol. The van der Waals surface area contributed by atoms with Crippen LogP contribution in [0.5, 0.6) is 5.75 Å². The van der Waals surface area contributed by atoms with Gasteiger partial charge in [0.25, 0.3) is 5.56 Å². The van der Waals surface area contributed by atoms with Crippen LogP contribution in [0.3, 0.4) is 0 Å². The molecule has 1 aliphatic heterocycles. The molecule has 1 aromatic heterocycles. The SMILES string of the molecule is C[C@H](NOc1ccccc1)C(=O)OCCCCCC(=O)O[C@@H]1[C@@H](COP=O)O[C@@H](n2ccc(=O)[nH]c2=O)[C@]1(C)F. The number of nitrogens with zero attached hydrogens (tertiary/aromatic N) is 1. The first-order valence-electron chi connectivity index (χ1n) is 12.6. The van der Waals surface area contributed by atoms with Gasteiger partial charge in [-0.2, -0.15) is 0 Å². The van der Waals surface area contributed by atoms with Gasteiger partial charge in [-0.25, -0.2) is 13.8 Å². The van der Waals surface area contributed by atoms with Crippen molar-refractivity contribution in [2.75, 3.05) is 13.2 Å². The second-order valence-electron chi connectivity index (χ2n) is 9.21. The number of rotatable bonds is 15. The van der Waals surface area contributed by atoms with Gasteiger partial charge < -0.3 is 19.0 Å². The zero-order valence-electron chi connectivity index (χ0n) is 21.9. The van der Waals surface area contributed by atoms with E-state index in [1.165, 1.54) is 0 Å². The molecule has 1 aromatic carbocycles. The zero-order chi connectivity index (χ0) is 29.1. The van der Waals surface area contributed by atoms with Crippen LogP contribution in [0.15, 0.2) is 52.2 Å². The Kier molecular flexibility index (Phi) is 11.5. The van der Waals surface area contributed by atoms with Crippen molar-refractivity contribution in [3.05, 3.63) is 63.4 Å². The molecule has 2 N–H and O–H groups in total. The predicted molar refractivity (Wildman–Crippen MR) is 137 cm³/mol. The summed E-state index contributed by atoms with van der Waals surface area (Å²) < 4.78 is 48.4. The summed E-state index contributed by atoms with van der Waals surface area (Å²) in [4.78, 5) is 55.5. The molecule has 2 heterocycles. The second-order valence-corrected chi connectivity index (χ2v) is 9.62. The molecule has 15 heteroatoms. The number of hydrogen-bond acceptors (Lipinski definition) is 11. The average molecular weight is 584 g/mol. The van der Waals surface area contributed by atoms with Crippen LogP contribution in [0.2, 0.25) is 0 Å². The molecular weight excluding hydrogens is 552 g/mol. The van der Waals surface area contributed by atoms with E-state index in [0.717, 1.165) is 23.8 Å². The van der Waals surface area contributed by atoms with Crippen LogP contribution in [-0.2, 0) is 32.9 Å². The van der Waals surface area contributed by atoms with E-state index in [1.54, 1.807) is 31.2 Å². The van der Waals surface area contributed by atoms with Crippen LogP contribution in [0, 0.1) is 0 Å². The van der Waals surface area contributed by atoms with E-state index in [0.29, 0.717) is 25.0 Å². The molecular formula is C25H31FN3O10P. The maximum absolute atomic E-state index is 15.9. The fraction of sp³-hybridized carbons (Fsp3) is 0.520. The quantitative estimate of drug-likeness (QED) is 0.137. The van der Waals surface area contributed by atoms with E-state index in [1.807, 2.05) is 11.1 Å². The molecule has 0 amide bonds. The molecule has 0 saturated carbocycles. The summed E-state index contributed by atoms with van der Waals surface area (Å²) >= 11 is 0. The summed E-state index contributed by atoms with van der Waals surface area (Å²) in [5.41, 5.74) is -1.38. The molecule has 40 heavy (non-hydrogen) atoms. The Morgan fingerprint density at radius 2 is 1.95 bits per heavy atom. The smallest absolute Gasteiger partial charge is 0.330 e. The summed E-state index contributed by atoms with van der Waals surface area (Å²) in [6, 6.07) is 9.21. The van der Waals surface area contributed by atoms with Gasteiger partial charge in [0.1, 0.15) is 17.9 Å². The van der Waals surface area contributed by atoms with Gasteiger partial charge in [-0.15, -0.1) is 5.48 Å². The molecule has 0 bridgehead atoms. The summed E-state index contributed by atoms with van der Waals surface area (Å²) in [7, 11) is -0.689. The molecule has 1 saturated heterocycles. The number of para-hydroxylation sites is 1. The Balaban J connectivity index is 1.43. The molecule has 1 aliphatic rings. The number of aromatic amines is 1. The van der Waals surface area contributed by atoms with Crippen LogP contribution < -0.4 is 21.6 Å². The minimum atomic E-state index is -2.39. The molecule has 2 aromatic rings. The van der Waals surface area contributed by atoms with Gasteiger partial charge in [-0.3, -0.25) is 28.5 Å². The first kappa shape index (κ1) is 31.1. The fourth-order valence-corrected chi connectivity index (χ4v) is 4.19. The normalized spacial score (nSPS) is 23.0. The number of unbranched alkanes of at least 4 members (excludes halogenated alkanes) is 2. The topological polar surface area (TPSA) is 164 Å². The van der Waals surface area contributed by atoms with Crippen LogP contribution >= 0.6 is 8.69 Å². The number of aromatic nitrogens is 2. The van der Waals surface area contributed by atoms with Gasteiger partial charge in [0, 0.05) is 18.7 Å². The number of carbonyl (C=O) groups excluding carboxylic acids is 2. The number of hydrogen-bond donors (Lipinski definition) is 2. The number of carbonyl (C=O) groups is 2. The number of ether oxygens (including phenoxy) is 3. The molecule has 3 rings (SSSR count). The van der Waals surface area contributed by atoms with E-state index in [4.69, 9.17) is 23.6 Å². The first-order chi connectivity index (χ1) is 19.1. The molecule has 0 spiro atoms. The molecule has 13 nitrogen and oxygen atoms in total. The van der Waals surface area contributed by atoms with E-state index in [2.05, 4.69) is 5.48 Å². The van der Waals surface area contributed by atoms with Gasteiger partial charge in [-0.1, -0.05) is 18.2 Å². The molecule has 0 unspecified atom stereocenters. The number of H-pyrrole nitrogens is 1. The van der Waals surface area contributed by atoms with Crippen molar-refractivity contribution in [1.29, 1.82) is 0 Å². The van der Waals surface area contributed by atoms with E-state index in [9.17, 15) is 23.7 Å². The highest BCUT2D eigenvalue weighted by molar-refractivity contribution is 7.17. The van der Waals surface area contributed by atoms with Gasteiger partial charge in [0.15, 0.2) is 18.0 Å². The van der Waals surface area contributed by atoms with Gasteiger partial charge in [0.05, 0.1) is 13.2 Å². The van der Waals surface area contributed by atoms with Crippen molar-refractivity contribution < 1.29 is 42.1 Å². The van der Waals surface area contributed by atoms with Crippen molar-refractivity contribution >= 4 is 20.6 Å². The number of halogens is 1. The lowest BCUT2D eigenvalue weighted by Crippen LogP contribution is -2.46. The number of alkyl halides is 1. The third-order valence-electron chi connectivity index (χ3n) is 6.05. The molecule has 218 valence electrons. The maximum Gasteiger partial charge on any atom is 0.330 e. The highest BCUT2D eigenvalue weighted by atomic mass is 31.1. The van der Waals surface area contributed by atoms with Crippen molar-refractivity contribution in [3.63, 3.8) is 0 Å². The highest BCUT2D eigenvalue weighted by Crippen LogP contribution is 2.42. The lowest BCUT2D eigenvalue weighted by atomic mass is 9.98. The zero-order valence-corrected chi connectivity index (χ0v) is 22.8. The summed E-state index contributed by atoms with van der Waals surface area (Å²) in [6.45, 7) is 2.44. The summed E-state index contributed by atoms with van der Waals surface area (Å²) in [5, 5.41) is 0. The van der Waals surface area contributed by atoms with Crippen LogP contribution in [0.1, 0.15) is 45.8 Å². The van der Waals surface area contributed by atoms with Crippen molar-refractivity contribution in [1.82, 2.24) is 15.0 Å². The van der Waals surface area contributed by atoms with Crippen LogP contribution in [0.4, 0.5) is 4.39 Å². The largest absolute Gasteiger partial charge is 0.464 e. The van der Waals surface area contributed by atoms with Gasteiger partial charge in [-0.05, 0) is 45.2 Å². The third kappa shape index (κ3) is 8.52. The number of benzene rings is 1. The standard InChI is InChI=1S/C25H31FN3O10P/c1-16(28-39-17-9-5-3-6-10-17)22(32)35-14-8-4-7-11-20(31)38-21-18(15-36-40-34)37-23(25(21,2)26)29-13-12-19(30)27-24(29)33/h3,5-6,9-10,12-13,16,18,21,23,28H,4,7-8,11,14-15H2,1-2H3,(H,27,30,33)/t16-,18+,21+,23+,25+/m0/s1. The van der Waals surface area contributed by atoms with E-state index >= 15 is 4.39 Å². The number of nitrogens with one attached hydrogen (secondary N) is 2. The minimum absolute atomic E-state index is 0.0555. The highest BCUT2D eigenvalue weighted by Gasteiger charge is 2.58. The average Bonchev–Trinajstić information content (AvgIpc) is 3.17. The summed E-state index contributed by atoms with van der Waals surface area (Å²) in [5.74, 6) is -0.666. The first-order valence-corrected chi connectivity index (χ1v) is 13.3. The molecule has 0 aliphatic carbocycles. The Labute approximate surface area is 230 Å². The maximum atomic E-state index is 15.9. The Bertz CT molecular complexity index is 1260. The van der Waals surface area contributed by atoms with E-state index < -0.39 is 62.0 Å². The molecule has 0 radical (unpaired) electrons. The Morgan fingerprint density at radius 1 is 1.20 bits per heavy atom. The van der Waals surface area contributed by atoms with Crippen molar-refractivity contribution in [2.24, 2.45) is 0 Å². The lowest BCUT2D eigenvalue weighted by molar-refractivity contribution is -0.158. The third-order valence-corrected chi connectivity index (χ3v) is 6.31. The van der Waals surface area contributed by atoms with Gasteiger partial charge >= 0.3 is 26.3 Å².